The van der Waals surface area contributed by atoms with Gasteiger partial charge >= 0.3 is 0 Å². The molecular formula is C22H22FN5O3. The van der Waals surface area contributed by atoms with E-state index in [0.29, 0.717) is 24.7 Å². The molecule has 0 aliphatic carbocycles. The summed E-state index contributed by atoms with van der Waals surface area (Å²) in [6.45, 7) is 4.15. The van der Waals surface area contributed by atoms with E-state index < -0.39 is 29.8 Å². The van der Waals surface area contributed by atoms with E-state index in [1.807, 2.05) is 0 Å². The van der Waals surface area contributed by atoms with Gasteiger partial charge in [-0.25, -0.2) is 9.37 Å². The summed E-state index contributed by atoms with van der Waals surface area (Å²) in [6.07, 6.45) is 0.243. The summed E-state index contributed by atoms with van der Waals surface area (Å²) in [5, 5.41) is 7.70. The predicted octanol–water partition coefficient (Wildman–Crippen LogP) is 4.25. The molecule has 0 bridgehead atoms. The number of halogens is 1. The van der Waals surface area contributed by atoms with Gasteiger partial charge in [0.05, 0.1) is 18.3 Å². The number of anilines is 5. The number of benzene rings is 2. The topological polar surface area (TPSA) is 97.4 Å². The number of aromatic nitrogens is 2. The minimum atomic E-state index is -1.11. The summed E-state index contributed by atoms with van der Waals surface area (Å²) in [5.74, 6) is -1.73. The first-order chi connectivity index (χ1) is 16.7. The van der Waals surface area contributed by atoms with Crippen molar-refractivity contribution in [3.8, 4) is 5.75 Å². The first-order valence-electron chi connectivity index (χ1n) is 11.1. The standard InChI is InChI=1S/C22H22FN5O3/c1-3-20(29)25-16-5-4-6-17(13-16)26-21-19(23)14-24-22(28-21)27-15-7-9-18(10-8-15)31-12-11-30-2/h3-10,13-14H,1,11-12H2,2H3,(H,25,29)(H2,24,26,27,28)/i5D,6D,13D,14D. The minimum Gasteiger partial charge on any atom is -0.491 e. The highest BCUT2D eigenvalue weighted by atomic mass is 19.1. The zero-order valence-electron chi connectivity index (χ0n) is 20.6. The Balaban J connectivity index is 1.87. The lowest BCUT2D eigenvalue weighted by molar-refractivity contribution is -0.111. The van der Waals surface area contributed by atoms with Gasteiger partial charge in [-0.15, -0.1) is 0 Å². The van der Waals surface area contributed by atoms with Crippen LogP contribution in [0.1, 0.15) is 5.48 Å². The largest absolute Gasteiger partial charge is 0.491 e. The molecule has 3 rings (SSSR count). The molecule has 0 saturated heterocycles. The Kier molecular flexibility index (Phi) is 5.79. The lowest BCUT2D eigenvalue weighted by Crippen LogP contribution is -2.07. The van der Waals surface area contributed by atoms with E-state index in [1.165, 1.54) is 0 Å². The summed E-state index contributed by atoms with van der Waals surface area (Å²) in [6, 6.07) is 6.82. The molecule has 0 unspecified atom stereocenters. The van der Waals surface area contributed by atoms with Crippen LogP contribution >= 0.6 is 0 Å². The molecule has 160 valence electrons. The Bertz CT molecular complexity index is 1240. The lowest BCUT2D eigenvalue weighted by atomic mass is 10.2. The Morgan fingerprint density at radius 3 is 2.71 bits per heavy atom. The van der Waals surface area contributed by atoms with Crippen molar-refractivity contribution in [1.29, 1.82) is 0 Å². The molecule has 0 aliphatic rings. The van der Waals surface area contributed by atoms with Crippen LogP contribution in [0.25, 0.3) is 0 Å². The molecule has 31 heavy (non-hydrogen) atoms. The average molecular weight is 427 g/mol. The van der Waals surface area contributed by atoms with Crippen molar-refractivity contribution < 1.29 is 24.1 Å². The van der Waals surface area contributed by atoms with E-state index in [1.54, 1.807) is 31.4 Å². The molecule has 1 heterocycles. The van der Waals surface area contributed by atoms with Crippen molar-refractivity contribution in [2.24, 2.45) is 0 Å². The van der Waals surface area contributed by atoms with Crippen LogP contribution in [-0.2, 0) is 9.53 Å². The zero-order valence-corrected chi connectivity index (χ0v) is 16.6. The van der Waals surface area contributed by atoms with E-state index in [0.717, 1.165) is 12.1 Å². The van der Waals surface area contributed by atoms with Crippen LogP contribution in [0.15, 0.2) is 67.3 Å². The van der Waals surface area contributed by atoms with Crippen LogP contribution < -0.4 is 20.7 Å². The molecule has 1 aromatic heterocycles. The van der Waals surface area contributed by atoms with Crippen molar-refractivity contribution in [1.82, 2.24) is 9.97 Å². The summed E-state index contributed by atoms with van der Waals surface area (Å²) >= 11 is 0. The molecule has 1 amide bonds. The predicted molar refractivity (Wildman–Crippen MR) is 118 cm³/mol. The number of methoxy groups -OCH3 is 1. The quantitative estimate of drug-likeness (QED) is 0.329. The van der Waals surface area contributed by atoms with Gasteiger partial charge in [0.25, 0.3) is 0 Å². The van der Waals surface area contributed by atoms with E-state index >= 15 is 0 Å². The molecule has 0 radical (unpaired) electrons. The molecule has 3 aromatic rings. The summed E-state index contributed by atoms with van der Waals surface area (Å²) in [5.41, 5.74) is 0.123. The van der Waals surface area contributed by atoms with Crippen molar-refractivity contribution in [3.63, 3.8) is 0 Å². The number of amides is 1. The van der Waals surface area contributed by atoms with Crippen LogP contribution in [0.3, 0.4) is 0 Å². The molecule has 0 fully saturated rings. The maximum atomic E-state index is 14.6. The normalized spacial score (nSPS) is 12.1. The molecule has 0 spiro atoms. The third-order valence-electron chi connectivity index (χ3n) is 3.71. The Labute approximate surface area is 184 Å². The average Bonchev–Trinajstić information content (AvgIpc) is 2.83. The molecule has 3 N–H and O–H groups in total. The highest BCUT2D eigenvalue weighted by molar-refractivity contribution is 5.99. The van der Waals surface area contributed by atoms with E-state index in [-0.39, 0.29) is 29.4 Å². The summed E-state index contributed by atoms with van der Waals surface area (Å²) in [7, 11) is 1.57. The molecule has 0 aliphatic heterocycles. The van der Waals surface area contributed by atoms with Crippen molar-refractivity contribution >= 4 is 34.7 Å². The third-order valence-corrected chi connectivity index (χ3v) is 3.71. The molecule has 0 saturated carbocycles. The molecule has 8 nitrogen and oxygen atoms in total. The first kappa shape index (κ1) is 16.8. The van der Waals surface area contributed by atoms with Crippen molar-refractivity contribution in [3.05, 3.63) is 73.1 Å². The van der Waals surface area contributed by atoms with Crippen LogP contribution in [0.2, 0.25) is 0 Å². The van der Waals surface area contributed by atoms with E-state index in [9.17, 15) is 9.18 Å². The highest BCUT2D eigenvalue weighted by Gasteiger charge is 2.09. The minimum absolute atomic E-state index is 0.109. The molecule has 0 atom stereocenters. The molecular weight excluding hydrogens is 401 g/mol. The van der Waals surface area contributed by atoms with E-state index in [2.05, 4.69) is 32.5 Å². The second kappa shape index (κ2) is 10.7. The monoisotopic (exact) mass is 427 g/mol. The Morgan fingerprint density at radius 1 is 1.19 bits per heavy atom. The van der Waals surface area contributed by atoms with Gasteiger partial charge in [-0.3, -0.25) is 4.79 Å². The first-order valence-corrected chi connectivity index (χ1v) is 9.07. The zero-order chi connectivity index (χ0) is 25.5. The van der Waals surface area contributed by atoms with Crippen LogP contribution in [0.4, 0.5) is 33.2 Å². The van der Waals surface area contributed by atoms with Gasteiger partial charge in [-0.2, -0.15) is 4.98 Å². The van der Waals surface area contributed by atoms with Crippen LogP contribution in [0.5, 0.6) is 5.75 Å². The van der Waals surface area contributed by atoms with Crippen molar-refractivity contribution in [2.75, 3.05) is 36.3 Å². The maximum absolute atomic E-state index is 14.6. The van der Waals surface area contributed by atoms with Gasteiger partial charge in [0, 0.05) is 24.2 Å². The van der Waals surface area contributed by atoms with Gasteiger partial charge in [-0.05, 0) is 48.5 Å². The number of carbonyl (C=O) groups excluding carboxylic acids is 1. The van der Waals surface area contributed by atoms with Gasteiger partial charge in [0.1, 0.15) is 12.4 Å². The molecule has 9 heteroatoms. The lowest BCUT2D eigenvalue weighted by Gasteiger charge is -2.11. The van der Waals surface area contributed by atoms with Gasteiger partial charge in [-0.1, -0.05) is 12.6 Å². The summed E-state index contributed by atoms with van der Waals surface area (Å²) in [4.78, 5) is 19.4. The maximum Gasteiger partial charge on any atom is 0.247 e. The number of rotatable bonds is 10. The Hall–Kier alpha value is -3.98. The van der Waals surface area contributed by atoms with Crippen LogP contribution in [0, 0.1) is 5.82 Å². The van der Waals surface area contributed by atoms with Gasteiger partial charge in [0.15, 0.2) is 11.6 Å². The van der Waals surface area contributed by atoms with E-state index in [4.69, 9.17) is 15.0 Å². The highest BCUT2D eigenvalue weighted by Crippen LogP contribution is 2.23. The number of hydrogen-bond acceptors (Lipinski definition) is 7. The number of carbonyl (C=O) groups is 1. The fourth-order valence-electron chi connectivity index (χ4n) is 2.29. The number of nitrogens with one attached hydrogen (secondary N) is 3. The smallest absolute Gasteiger partial charge is 0.247 e. The fraction of sp³-hybridized carbons (Fsp3) is 0.136. The Morgan fingerprint density at radius 2 is 1.97 bits per heavy atom. The SMILES string of the molecule is [2H]c1cc([2H])c(Nc2nc(Nc3ccc(OCCOC)cc3)nc([2H])c2F)c([2H])c1NC(=O)C=C. The van der Waals surface area contributed by atoms with Crippen molar-refractivity contribution in [2.45, 2.75) is 0 Å². The number of ether oxygens (including phenoxy) is 2. The number of hydrogen-bond donors (Lipinski definition) is 3. The number of nitrogens with zero attached hydrogens (tertiary/aromatic N) is 2. The fourth-order valence-corrected chi connectivity index (χ4v) is 2.29. The van der Waals surface area contributed by atoms with Gasteiger partial charge < -0.3 is 25.4 Å². The second-order valence-corrected chi connectivity index (χ2v) is 5.94. The van der Waals surface area contributed by atoms with Crippen LogP contribution in [-0.4, -0.2) is 36.2 Å². The third kappa shape index (κ3) is 6.51. The second-order valence-electron chi connectivity index (χ2n) is 5.94. The van der Waals surface area contributed by atoms with Gasteiger partial charge in [0.2, 0.25) is 11.9 Å². The summed E-state index contributed by atoms with van der Waals surface area (Å²) < 4.78 is 57.2. The molecule has 2 aromatic carbocycles.